The number of ether oxygens (including phenoxy) is 2. The molecule has 1 atom stereocenters. The minimum atomic E-state index is -4.76. The van der Waals surface area contributed by atoms with Gasteiger partial charge >= 0.3 is 19.8 Å². The third-order valence-corrected chi connectivity index (χ3v) is 6.52. The molecule has 240 valence electrons. The van der Waals surface area contributed by atoms with E-state index in [9.17, 15) is 14.2 Å². The highest BCUT2D eigenvalue weighted by Gasteiger charge is 2.22. The molecule has 2 N–H and O–H groups in total. The van der Waals surface area contributed by atoms with Crippen LogP contribution in [0.4, 0.5) is 0 Å². The smallest absolute Gasteiger partial charge is 0.462 e. The van der Waals surface area contributed by atoms with Crippen LogP contribution in [0.2, 0.25) is 0 Å². The van der Waals surface area contributed by atoms with E-state index in [4.69, 9.17) is 19.3 Å². The number of esters is 2. The average molecular weight is 611 g/mol. The molecular formula is C33H55O8P. The summed E-state index contributed by atoms with van der Waals surface area (Å²) in [6.07, 6.45) is 33.9. The summed E-state index contributed by atoms with van der Waals surface area (Å²) in [4.78, 5) is 42.3. The number of carbonyl (C=O) groups is 2. The molecule has 42 heavy (non-hydrogen) atoms. The molecule has 0 rings (SSSR count). The summed E-state index contributed by atoms with van der Waals surface area (Å²) in [6.45, 7) is 3.41. The topological polar surface area (TPSA) is 119 Å². The summed E-state index contributed by atoms with van der Waals surface area (Å²) in [5.74, 6) is -1.00. The molecule has 0 fully saturated rings. The Balaban J connectivity index is 4.21. The van der Waals surface area contributed by atoms with Gasteiger partial charge in [0.2, 0.25) is 0 Å². The minimum Gasteiger partial charge on any atom is -0.462 e. The second kappa shape index (κ2) is 28.9. The number of hydrogen-bond donors (Lipinski definition) is 2. The van der Waals surface area contributed by atoms with E-state index in [1.165, 1.54) is 12.8 Å². The molecule has 0 saturated carbocycles. The van der Waals surface area contributed by atoms with Gasteiger partial charge in [-0.2, -0.15) is 0 Å². The van der Waals surface area contributed by atoms with Crippen molar-refractivity contribution >= 4 is 19.8 Å². The van der Waals surface area contributed by atoms with Crippen LogP contribution >= 0.6 is 7.82 Å². The van der Waals surface area contributed by atoms with Gasteiger partial charge in [-0.3, -0.25) is 14.1 Å². The Morgan fingerprint density at radius 2 is 1.19 bits per heavy atom. The molecule has 0 bridgehead atoms. The first kappa shape index (κ1) is 39.8. The molecule has 0 aliphatic heterocycles. The van der Waals surface area contributed by atoms with Crippen LogP contribution in [-0.4, -0.2) is 41.0 Å². The van der Waals surface area contributed by atoms with Crippen molar-refractivity contribution < 1.29 is 37.9 Å². The molecule has 0 amide bonds. The van der Waals surface area contributed by atoms with Crippen molar-refractivity contribution in [1.82, 2.24) is 0 Å². The molecule has 0 aromatic heterocycles. The number of phosphoric acid groups is 1. The van der Waals surface area contributed by atoms with Crippen molar-refractivity contribution in [3.05, 3.63) is 60.8 Å². The van der Waals surface area contributed by atoms with E-state index >= 15 is 0 Å². The molecule has 1 unspecified atom stereocenters. The third-order valence-electron chi connectivity index (χ3n) is 6.03. The van der Waals surface area contributed by atoms with Crippen LogP contribution in [0.3, 0.4) is 0 Å². The zero-order valence-corrected chi connectivity index (χ0v) is 26.8. The van der Waals surface area contributed by atoms with E-state index in [0.717, 1.165) is 64.2 Å². The van der Waals surface area contributed by atoms with Crippen molar-refractivity contribution in [2.24, 2.45) is 0 Å². The van der Waals surface area contributed by atoms with Crippen LogP contribution in [0.5, 0.6) is 0 Å². The predicted octanol–water partition coefficient (Wildman–Crippen LogP) is 8.61. The zero-order chi connectivity index (χ0) is 31.2. The van der Waals surface area contributed by atoms with Gasteiger partial charge in [0.25, 0.3) is 0 Å². The Kier molecular flexibility index (Phi) is 27.3. The summed E-state index contributed by atoms with van der Waals surface area (Å²) in [7, 11) is -4.76. The van der Waals surface area contributed by atoms with E-state index < -0.39 is 32.5 Å². The summed E-state index contributed by atoms with van der Waals surface area (Å²) in [6, 6.07) is 0. The quantitative estimate of drug-likeness (QED) is 0.0411. The maximum Gasteiger partial charge on any atom is 0.469 e. The summed E-state index contributed by atoms with van der Waals surface area (Å²) in [5, 5.41) is 0. The van der Waals surface area contributed by atoms with Crippen LogP contribution < -0.4 is 0 Å². The van der Waals surface area contributed by atoms with Gasteiger partial charge in [0.1, 0.15) is 6.61 Å². The fourth-order valence-electron chi connectivity index (χ4n) is 3.72. The van der Waals surface area contributed by atoms with Crippen LogP contribution in [0, 0.1) is 0 Å². The molecule has 0 saturated heterocycles. The minimum absolute atomic E-state index is 0.0864. The van der Waals surface area contributed by atoms with Gasteiger partial charge in [-0.1, -0.05) is 107 Å². The molecule has 9 heteroatoms. The molecule has 0 aliphatic rings. The standard InChI is InChI=1S/C33H55O8P/c1-3-5-7-9-11-13-15-16-18-20-22-24-26-28-33(35)41-31(30-40-42(36,37)38)29-39-32(34)27-25-23-21-19-17-14-12-10-8-6-4-2/h5,7,10-13,16,18,22,24,31H,3-4,6,8-9,14-15,17,19-21,23,25-30H2,1-2H3,(H2,36,37,38)/b7-5-,12-10-,13-11-,18-16-,24-22-. The molecule has 8 nitrogen and oxygen atoms in total. The highest BCUT2D eigenvalue weighted by molar-refractivity contribution is 7.46. The van der Waals surface area contributed by atoms with Crippen molar-refractivity contribution in [3.63, 3.8) is 0 Å². The van der Waals surface area contributed by atoms with Crippen LogP contribution in [-0.2, 0) is 28.2 Å². The molecule has 0 aromatic carbocycles. The zero-order valence-electron chi connectivity index (χ0n) is 25.9. The SMILES string of the molecule is CC/C=C\C/C=C\C/C=C\C/C=C\CCC(=O)OC(COC(=O)CCCCCCC/C=C\CCCC)COP(=O)(O)O. The molecule has 0 aromatic rings. The van der Waals surface area contributed by atoms with Crippen LogP contribution in [0.15, 0.2) is 60.8 Å². The molecular weight excluding hydrogens is 555 g/mol. The van der Waals surface area contributed by atoms with Gasteiger partial charge in [-0.15, -0.1) is 0 Å². The number of rotatable bonds is 27. The van der Waals surface area contributed by atoms with E-state index in [-0.39, 0.29) is 19.4 Å². The number of hydrogen-bond acceptors (Lipinski definition) is 6. The lowest BCUT2D eigenvalue weighted by molar-refractivity contribution is -0.161. The van der Waals surface area contributed by atoms with Crippen molar-refractivity contribution in [3.8, 4) is 0 Å². The monoisotopic (exact) mass is 610 g/mol. The van der Waals surface area contributed by atoms with Crippen LogP contribution in [0.25, 0.3) is 0 Å². The van der Waals surface area contributed by atoms with Gasteiger partial charge < -0.3 is 19.3 Å². The van der Waals surface area contributed by atoms with Gasteiger partial charge in [0, 0.05) is 12.8 Å². The Morgan fingerprint density at radius 3 is 1.81 bits per heavy atom. The average Bonchev–Trinajstić information content (AvgIpc) is 2.95. The van der Waals surface area contributed by atoms with E-state index in [1.54, 1.807) is 0 Å². The molecule has 0 aliphatic carbocycles. The second-order valence-electron chi connectivity index (χ2n) is 10.0. The lowest BCUT2D eigenvalue weighted by atomic mass is 10.1. The highest BCUT2D eigenvalue weighted by Crippen LogP contribution is 2.35. The first-order chi connectivity index (χ1) is 20.3. The number of allylic oxidation sites excluding steroid dienone is 10. The van der Waals surface area contributed by atoms with E-state index in [2.05, 4.69) is 67.0 Å². The Hall–Kier alpha value is -2.25. The maximum absolute atomic E-state index is 12.2. The van der Waals surface area contributed by atoms with Gasteiger partial charge in [0.05, 0.1) is 6.61 Å². The summed E-state index contributed by atoms with van der Waals surface area (Å²) < 4.78 is 26.0. The normalized spacial score (nSPS) is 13.3. The lowest BCUT2D eigenvalue weighted by Crippen LogP contribution is -2.29. The first-order valence-electron chi connectivity index (χ1n) is 15.6. The molecule has 0 spiro atoms. The van der Waals surface area contributed by atoms with Crippen molar-refractivity contribution in [1.29, 1.82) is 0 Å². The fourth-order valence-corrected chi connectivity index (χ4v) is 4.08. The van der Waals surface area contributed by atoms with Crippen molar-refractivity contribution in [2.75, 3.05) is 13.2 Å². The van der Waals surface area contributed by atoms with Gasteiger partial charge in [-0.25, -0.2) is 4.57 Å². The predicted molar refractivity (Wildman–Crippen MR) is 170 cm³/mol. The largest absolute Gasteiger partial charge is 0.469 e. The molecule has 0 radical (unpaired) electrons. The third kappa shape index (κ3) is 30.7. The van der Waals surface area contributed by atoms with E-state index in [0.29, 0.717) is 12.8 Å². The Labute approximate surface area is 254 Å². The van der Waals surface area contributed by atoms with Gasteiger partial charge in [-0.05, 0) is 57.8 Å². The highest BCUT2D eigenvalue weighted by atomic mass is 31.2. The van der Waals surface area contributed by atoms with E-state index in [1.807, 2.05) is 12.2 Å². The first-order valence-corrected chi connectivity index (χ1v) is 17.1. The maximum atomic E-state index is 12.2. The van der Waals surface area contributed by atoms with Crippen molar-refractivity contribution in [2.45, 2.75) is 123 Å². The number of unbranched alkanes of at least 4 members (excludes halogenated alkanes) is 7. The summed E-state index contributed by atoms with van der Waals surface area (Å²) >= 11 is 0. The number of carbonyl (C=O) groups excluding carboxylic acids is 2. The lowest BCUT2D eigenvalue weighted by Gasteiger charge is -2.18. The second-order valence-corrected chi connectivity index (χ2v) is 11.3. The van der Waals surface area contributed by atoms with Gasteiger partial charge in [0.15, 0.2) is 6.10 Å². The Bertz CT molecular complexity index is 869. The Morgan fingerprint density at radius 1 is 0.643 bits per heavy atom. The summed E-state index contributed by atoms with van der Waals surface area (Å²) in [5.41, 5.74) is 0. The number of phosphoric ester groups is 1. The van der Waals surface area contributed by atoms with Crippen LogP contribution in [0.1, 0.15) is 117 Å². The fraction of sp³-hybridized carbons (Fsp3) is 0.636. The molecule has 0 heterocycles.